The lowest BCUT2D eigenvalue weighted by atomic mass is 10.2. The predicted molar refractivity (Wildman–Crippen MR) is 91.8 cm³/mol. The summed E-state index contributed by atoms with van der Waals surface area (Å²) in [5, 5.41) is 10.3. The topological polar surface area (TPSA) is 109 Å². The van der Waals surface area contributed by atoms with Gasteiger partial charge in [0, 0.05) is 11.6 Å². The van der Waals surface area contributed by atoms with Crippen molar-refractivity contribution in [3.63, 3.8) is 0 Å². The molecule has 25 heavy (non-hydrogen) atoms. The minimum atomic E-state index is -0.393. The van der Waals surface area contributed by atoms with Crippen LogP contribution in [0.4, 0.5) is 5.95 Å². The van der Waals surface area contributed by atoms with Crippen molar-refractivity contribution in [2.75, 3.05) is 5.32 Å². The van der Waals surface area contributed by atoms with E-state index < -0.39 is 5.91 Å². The Morgan fingerprint density at radius 3 is 2.72 bits per heavy atom. The molecule has 0 fully saturated rings. The van der Waals surface area contributed by atoms with Crippen molar-refractivity contribution >= 4 is 22.8 Å². The molecule has 8 nitrogen and oxygen atoms in total. The van der Waals surface area contributed by atoms with Crippen LogP contribution < -0.4 is 5.32 Å². The summed E-state index contributed by atoms with van der Waals surface area (Å²) in [5.74, 6) is 0.647. The first kappa shape index (κ1) is 14.9. The van der Waals surface area contributed by atoms with Gasteiger partial charge in [0.2, 0.25) is 5.95 Å². The third-order valence-corrected chi connectivity index (χ3v) is 3.55. The van der Waals surface area contributed by atoms with Crippen LogP contribution in [0.1, 0.15) is 16.3 Å². The lowest BCUT2D eigenvalue weighted by Gasteiger charge is -2.05. The molecule has 0 aliphatic carbocycles. The summed E-state index contributed by atoms with van der Waals surface area (Å²) in [7, 11) is 0. The van der Waals surface area contributed by atoms with E-state index in [1.165, 1.54) is 0 Å². The van der Waals surface area contributed by atoms with Crippen molar-refractivity contribution in [3.8, 4) is 11.5 Å². The van der Waals surface area contributed by atoms with Gasteiger partial charge in [-0.05, 0) is 25.1 Å². The van der Waals surface area contributed by atoms with Gasteiger partial charge in [-0.25, -0.2) is 4.98 Å². The summed E-state index contributed by atoms with van der Waals surface area (Å²) in [6, 6.07) is 12.8. The number of rotatable bonds is 3. The lowest BCUT2D eigenvalue weighted by Crippen LogP contribution is -2.16. The van der Waals surface area contributed by atoms with Gasteiger partial charge in [-0.1, -0.05) is 24.3 Å². The number of hydrogen-bond acceptors (Lipinski definition) is 6. The second-order valence-corrected chi connectivity index (χ2v) is 5.32. The van der Waals surface area contributed by atoms with Crippen molar-refractivity contribution in [2.24, 2.45) is 0 Å². The number of aryl methyl sites for hydroxylation is 1. The third-order valence-electron chi connectivity index (χ3n) is 3.55. The number of para-hydroxylation sites is 1. The number of H-pyrrole nitrogens is 1. The van der Waals surface area contributed by atoms with E-state index in [1.807, 2.05) is 36.4 Å². The SMILES string of the molecule is Cc1nc(NC(=O)c2n[nH]c3ccccc23)nc(-c2ccccn2)n1. The van der Waals surface area contributed by atoms with Crippen molar-refractivity contribution in [2.45, 2.75) is 6.92 Å². The molecule has 8 heteroatoms. The van der Waals surface area contributed by atoms with E-state index in [2.05, 4.69) is 35.5 Å². The molecule has 0 saturated heterocycles. The summed E-state index contributed by atoms with van der Waals surface area (Å²) in [5.41, 5.74) is 1.68. The van der Waals surface area contributed by atoms with Crippen LogP contribution >= 0.6 is 0 Å². The maximum Gasteiger partial charge on any atom is 0.279 e. The molecule has 4 aromatic rings. The van der Waals surface area contributed by atoms with Gasteiger partial charge in [-0.2, -0.15) is 15.1 Å². The fraction of sp³-hybridized carbons (Fsp3) is 0.0588. The Labute approximate surface area is 142 Å². The molecular formula is C17H13N7O. The summed E-state index contributed by atoms with van der Waals surface area (Å²) >= 11 is 0. The smallest absolute Gasteiger partial charge is 0.279 e. The maximum absolute atomic E-state index is 12.5. The van der Waals surface area contributed by atoms with Crippen LogP contribution in [0.3, 0.4) is 0 Å². The number of aromatic nitrogens is 6. The van der Waals surface area contributed by atoms with Gasteiger partial charge < -0.3 is 0 Å². The Kier molecular flexibility index (Phi) is 3.62. The third kappa shape index (κ3) is 2.92. The van der Waals surface area contributed by atoms with Crippen molar-refractivity contribution < 1.29 is 4.79 Å². The maximum atomic E-state index is 12.5. The van der Waals surface area contributed by atoms with Crippen LogP contribution in [0.5, 0.6) is 0 Å². The van der Waals surface area contributed by atoms with Crippen LogP contribution in [-0.4, -0.2) is 36.0 Å². The number of benzene rings is 1. The number of aromatic amines is 1. The summed E-state index contributed by atoms with van der Waals surface area (Å²) in [6.45, 7) is 1.73. The van der Waals surface area contributed by atoms with E-state index >= 15 is 0 Å². The van der Waals surface area contributed by atoms with Gasteiger partial charge in [-0.15, -0.1) is 0 Å². The van der Waals surface area contributed by atoms with Gasteiger partial charge in [0.25, 0.3) is 5.91 Å². The summed E-state index contributed by atoms with van der Waals surface area (Å²) in [6.07, 6.45) is 1.66. The van der Waals surface area contributed by atoms with Crippen LogP contribution in [0, 0.1) is 6.92 Å². The Balaban J connectivity index is 1.66. The van der Waals surface area contributed by atoms with Crippen LogP contribution in [0.15, 0.2) is 48.7 Å². The quantitative estimate of drug-likeness (QED) is 0.596. The van der Waals surface area contributed by atoms with Gasteiger partial charge in [-0.3, -0.25) is 20.2 Å². The second-order valence-electron chi connectivity index (χ2n) is 5.32. The predicted octanol–water partition coefficient (Wildman–Crippen LogP) is 2.37. The molecule has 1 amide bonds. The summed E-state index contributed by atoms with van der Waals surface area (Å²) in [4.78, 5) is 29.5. The Hall–Kier alpha value is -3.68. The average molecular weight is 331 g/mol. The molecule has 0 radical (unpaired) electrons. The van der Waals surface area contributed by atoms with Crippen LogP contribution in [-0.2, 0) is 0 Å². The standard InChI is InChI=1S/C17H13N7O/c1-10-19-15(13-8-4-5-9-18-13)21-17(20-10)22-16(25)14-11-6-2-3-7-12(11)23-24-14/h2-9H,1H3,(H,23,24)(H,19,20,21,22,25). The number of nitrogens with zero attached hydrogens (tertiary/aromatic N) is 5. The molecule has 1 aromatic carbocycles. The number of fused-ring (bicyclic) bond motifs is 1. The van der Waals surface area contributed by atoms with Gasteiger partial charge in [0.15, 0.2) is 11.5 Å². The molecule has 0 unspecified atom stereocenters. The van der Waals surface area contributed by atoms with Crippen LogP contribution in [0.2, 0.25) is 0 Å². The van der Waals surface area contributed by atoms with Crippen molar-refractivity contribution in [3.05, 3.63) is 60.2 Å². The molecule has 0 atom stereocenters. The highest BCUT2D eigenvalue weighted by atomic mass is 16.2. The monoisotopic (exact) mass is 331 g/mol. The fourth-order valence-electron chi connectivity index (χ4n) is 2.44. The number of amides is 1. The summed E-state index contributed by atoms with van der Waals surface area (Å²) < 4.78 is 0. The van der Waals surface area contributed by atoms with E-state index in [9.17, 15) is 4.79 Å². The second kappa shape index (κ2) is 6.08. The number of pyridine rings is 1. The first-order chi connectivity index (χ1) is 12.2. The molecule has 0 aliphatic heterocycles. The zero-order chi connectivity index (χ0) is 17.2. The van der Waals surface area contributed by atoms with E-state index in [0.29, 0.717) is 17.3 Å². The highest BCUT2D eigenvalue weighted by Crippen LogP contribution is 2.17. The van der Waals surface area contributed by atoms with Gasteiger partial charge >= 0.3 is 0 Å². The van der Waals surface area contributed by atoms with E-state index in [4.69, 9.17) is 0 Å². The number of nitrogens with one attached hydrogen (secondary N) is 2. The number of carbonyl (C=O) groups excluding carboxylic acids is 1. The molecule has 3 heterocycles. The molecule has 122 valence electrons. The highest BCUT2D eigenvalue weighted by molar-refractivity contribution is 6.10. The molecule has 3 aromatic heterocycles. The van der Waals surface area contributed by atoms with E-state index in [-0.39, 0.29) is 11.6 Å². The molecule has 0 saturated carbocycles. The Bertz CT molecular complexity index is 1060. The van der Waals surface area contributed by atoms with E-state index in [0.717, 1.165) is 10.9 Å². The minimum absolute atomic E-state index is 0.158. The highest BCUT2D eigenvalue weighted by Gasteiger charge is 2.16. The van der Waals surface area contributed by atoms with Crippen molar-refractivity contribution in [1.29, 1.82) is 0 Å². The molecule has 0 bridgehead atoms. The zero-order valence-corrected chi connectivity index (χ0v) is 13.3. The molecule has 2 N–H and O–H groups in total. The molecular weight excluding hydrogens is 318 g/mol. The number of hydrogen-bond donors (Lipinski definition) is 2. The fourth-order valence-corrected chi connectivity index (χ4v) is 2.44. The minimum Gasteiger partial charge on any atom is -0.289 e. The van der Waals surface area contributed by atoms with E-state index in [1.54, 1.807) is 19.2 Å². The molecule has 0 aliphatic rings. The van der Waals surface area contributed by atoms with Gasteiger partial charge in [0.1, 0.15) is 11.5 Å². The first-order valence-electron chi connectivity index (χ1n) is 7.59. The Morgan fingerprint density at radius 2 is 1.88 bits per heavy atom. The van der Waals surface area contributed by atoms with Crippen LogP contribution in [0.25, 0.3) is 22.4 Å². The number of anilines is 1. The number of carbonyl (C=O) groups is 1. The Morgan fingerprint density at radius 1 is 1.04 bits per heavy atom. The largest absolute Gasteiger partial charge is 0.289 e. The normalized spacial score (nSPS) is 10.8. The first-order valence-corrected chi connectivity index (χ1v) is 7.59. The molecule has 0 spiro atoms. The molecule has 4 rings (SSSR count). The zero-order valence-electron chi connectivity index (χ0n) is 13.3. The lowest BCUT2D eigenvalue weighted by molar-refractivity contribution is 0.102. The van der Waals surface area contributed by atoms with Crippen molar-refractivity contribution in [1.82, 2.24) is 30.1 Å². The average Bonchev–Trinajstić information content (AvgIpc) is 3.06. The van der Waals surface area contributed by atoms with Gasteiger partial charge in [0.05, 0.1) is 5.52 Å².